The SMILES string of the molecule is COc1ccc(C(O)C(C)Br)c(OC)c1. The molecule has 15 heavy (non-hydrogen) atoms. The van der Waals surface area contributed by atoms with E-state index in [0.717, 1.165) is 5.56 Å². The second-order valence-corrected chi connectivity index (χ2v) is 4.67. The Morgan fingerprint density at radius 3 is 2.40 bits per heavy atom. The minimum absolute atomic E-state index is 0.0280. The lowest BCUT2D eigenvalue weighted by Crippen LogP contribution is -2.09. The van der Waals surface area contributed by atoms with E-state index < -0.39 is 6.10 Å². The monoisotopic (exact) mass is 274 g/mol. The molecule has 4 heteroatoms. The van der Waals surface area contributed by atoms with E-state index in [2.05, 4.69) is 15.9 Å². The van der Waals surface area contributed by atoms with Gasteiger partial charge in [0.1, 0.15) is 11.5 Å². The summed E-state index contributed by atoms with van der Waals surface area (Å²) in [5.74, 6) is 1.35. The van der Waals surface area contributed by atoms with Crippen molar-refractivity contribution in [2.75, 3.05) is 14.2 Å². The van der Waals surface area contributed by atoms with Crippen LogP contribution >= 0.6 is 15.9 Å². The molecule has 0 saturated heterocycles. The molecule has 2 atom stereocenters. The molecule has 0 fully saturated rings. The Kier molecular flexibility index (Phi) is 4.42. The fraction of sp³-hybridized carbons (Fsp3) is 0.455. The molecule has 0 aliphatic carbocycles. The highest BCUT2D eigenvalue weighted by atomic mass is 79.9. The van der Waals surface area contributed by atoms with E-state index >= 15 is 0 Å². The first-order valence-electron chi connectivity index (χ1n) is 4.64. The normalized spacial score (nSPS) is 14.5. The van der Waals surface area contributed by atoms with E-state index in [4.69, 9.17) is 9.47 Å². The lowest BCUT2D eigenvalue weighted by molar-refractivity contribution is 0.176. The van der Waals surface area contributed by atoms with Crippen molar-refractivity contribution < 1.29 is 14.6 Å². The molecule has 0 saturated carbocycles. The molecular formula is C11H15BrO3. The van der Waals surface area contributed by atoms with Crippen LogP contribution in [-0.2, 0) is 0 Å². The molecule has 0 bridgehead atoms. The smallest absolute Gasteiger partial charge is 0.128 e. The first kappa shape index (κ1) is 12.3. The van der Waals surface area contributed by atoms with E-state index in [9.17, 15) is 5.11 Å². The summed E-state index contributed by atoms with van der Waals surface area (Å²) in [4.78, 5) is -0.0280. The maximum absolute atomic E-state index is 9.91. The molecule has 0 aliphatic heterocycles. The summed E-state index contributed by atoms with van der Waals surface area (Å²) in [5.41, 5.74) is 0.752. The molecule has 84 valence electrons. The van der Waals surface area contributed by atoms with Crippen LogP contribution in [0.3, 0.4) is 0 Å². The Labute approximate surface area is 98.1 Å². The van der Waals surface area contributed by atoms with Gasteiger partial charge in [0.05, 0.1) is 20.3 Å². The van der Waals surface area contributed by atoms with E-state index in [0.29, 0.717) is 11.5 Å². The fourth-order valence-corrected chi connectivity index (χ4v) is 1.59. The Morgan fingerprint density at radius 2 is 1.93 bits per heavy atom. The fourth-order valence-electron chi connectivity index (χ4n) is 1.31. The molecule has 0 heterocycles. The summed E-state index contributed by atoms with van der Waals surface area (Å²) < 4.78 is 10.3. The topological polar surface area (TPSA) is 38.7 Å². The standard InChI is InChI=1S/C11H15BrO3/c1-7(12)11(13)9-5-4-8(14-2)6-10(9)15-3/h4-7,11,13H,1-3H3. The van der Waals surface area contributed by atoms with Gasteiger partial charge in [-0.05, 0) is 19.1 Å². The molecule has 1 aromatic carbocycles. The molecule has 0 amide bonds. The molecule has 0 aromatic heterocycles. The van der Waals surface area contributed by atoms with Gasteiger partial charge in [-0.2, -0.15) is 0 Å². The molecule has 2 unspecified atom stereocenters. The number of aliphatic hydroxyl groups excluding tert-OH is 1. The van der Waals surface area contributed by atoms with Gasteiger partial charge in [-0.3, -0.25) is 0 Å². The Hall–Kier alpha value is -0.740. The summed E-state index contributed by atoms with van der Waals surface area (Å²) in [6, 6.07) is 5.37. The van der Waals surface area contributed by atoms with E-state index in [-0.39, 0.29) is 4.83 Å². The van der Waals surface area contributed by atoms with Gasteiger partial charge in [0.15, 0.2) is 0 Å². The number of aliphatic hydroxyl groups is 1. The zero-order chi connectivity index (χ0) is 11.4. The summed E-state index contributed by atoms with van der Waals surface area (Å²) in [5, 5.41) is 9.91. The van der Waals surface area contributed by atoms with E-state index in [1.807, 2.05) is 6.92 Å². The third-order valence-electron chi connectivity index (χ3n) is 2.19. The van der Waals surface area contributed by atoms with Gasteiger partial charge < -0.3 is 14.6 Å². The van der Waals surface area contributed by atoms with Crippen molar-refractivity contribution in [3.8, 4) is 11.5 Å². The van der Waals surface area contributed by atoms with Crippen molar-refractivity contribution in [2.45, 2.75) is 17.9 Å². The van der Waals surface area contributed by atoms with Gasteiger partial charge in [-0.15, -0.1) is 0 Å². The summed E-state index contributed by atoms with van der Waals surface area (Å²) in [6.45, 7) is 1.88. The van der Waals surface area contributed by atoms with E-state index in [1.54, 1.807) is 32.4 Å². The zero-order valence-corrected chi connectivity index (χ0v) is 10.6. The van der Waals surface area contributed by atoms with Crippen molar-refractivity contribution in [2.24, 2.45) is 0 Å². The van der Waals surface area contributed by atoms with Gasteiger partial charge in [0.2, 0.25) is 0 Å². The van der Waals surface area contributed by atoms with Crippen LogP contribution in [-0.4, -0.2) is 24.2 Å². The van der Waals surface area contributed by atoms with Crippen LogP contribution in [0, 0.1) is 0 Å². The summed E-state index contributed by atoms with van der Waals surface area (Å²) in [7, 11) is 3.17. The first-order chi connectivity index (χ1) is 7.10. The van der Waals surface area contributed by atoms with Gasteiger partial charge in [-0.25, -0.2) is 0 Å². The van der Waals surface area contributed by atoms with Crippen molar-refractivity contribution in [1.29, 1.82) is 0 Å². The number of hydrogen-bond acceptors (Lipinski definition) is 3. The van der Waals surface area contributed by atoms with Crippen LogP contribution in [0.15, 0.2) is 18.2 Å². The molecule has 0 aliphatic rings. The summed E-state index contributed by atoms with van der Waals surface area (Å²) in [6.07, 6.45) is -0.592. The third-order valence-corrected chi connectivity index (χ3v) is 2.70. The highest BCUT2D eigenvalue weighted by Crippen LogP contribution is 2.32. The van der Waals surface area contributed by atoms with Gasteiger partial charge in [0.25, 0.3) is 0 Å². The average molecular weight is 275 g/mol. The maximum atomic E-state index is 9.91. The van der Waals surface area contributed by atoms with Crippen LogP contribution < -0.4 is 9.47 Å². The number of ether oxygens (including phenoxy) is 2. The van der Waals surface area contributed by atoms with Crippen molar-refractivity contribution >= 4 is 15.9 Å². The van der Waals surface area contributed by atoms with Crippen LogP contribution in [0.5, 0.6) is 11.5 Å². The molecule has 3 nitrogen and oxygen atoms in total. The Balaban J connectivity index is 3.07. The summed E-state index contributed by atoms with van der Waals surface area (Å²) >= 11 is 3.34. The molecule has 0 spiro atoms. The van der Waals surface area contributed by atoms with Crippen molar-refractivity contribution in [1.82, 2.24) is 0 Å². The predicted molar refractivity (Wildman–Crippen MR) is 62.9 cm³/mol. The number of halogens is 1. The molecular weight excluding hydrogens is 260 g/mol. The number of alkyl halides is 1. The minimum atomic E-state index is -0.592. The van der Waals surface area contributed by atoms with Gasteiger partial charge >= 0.3 is 0 Å². The van der Waals surface area contributed by atoms with Gasteiger partial charge in [-0.1, -0.05) is 15.9 Å². The maximum Gasteiger partial charge on any atom is 0.128 e. The molecule has 1 N–H and O–H groups in total. The lowest BCUT2D eigenvalue weighted by Gasteiger charge is -2.17. The second-order valence-electron chi connectivity index (χ2n) is 3.23. The Bertz CT molecular complexity index is 326. The molecule has 0 radical (unpaired) electrons. The number of benzene rings is 1. The Morgan fingerprint density at radius 1 is 1.27 bits per heavy atom. The van der Waals surface area contributed by atoms with Crippen LogP contribution in [0.2, 0.25) is 0 Å². The van der Waals surface area contributed by atoms with E-state index in [1.165, 1.54) is 0 Å². The van der Waals surface area contributed by atoms with Crippen LogP contribution in [0.25, 0.3) is 0 Å². The minimum Gasteiger partial charge on any atom is -0.497 e. The van der Waals surface area contributed by atoms with Crippen molar-refractivity contribution in [3.05, 3.63) is 23.8 Å². The number of methoxy groups -OCH3 is 2. The van der Waals surface area contributed by atoms with Gasteiger partial charge in [0, 0.05) is 16.5 Å². The largest absolute Gasteiger partial charge is 0.497 e. The number of rotatable bonds is 4. The molecule has 1 rings (SSSR count). The predicted octanol–water partition coefficient (Wildman–Crippen LogP) is 2.52. The van der Waals surface area contributed by atoms with Crippen LogP contribution in [0.4, 0.5) is 0 Å². The number of hydrogen-bond donors (Lipinski definition) is 1. The second kappa shape index (κ2) is 5.37. The quantitative estimate of drug-likeness (QED) is 0.858. The zero-order valence-electron chi connectivity index (χ0n) is 9.03. The van der Waals surface area contributed by atoms with Crippen molar-refractivity contribution in [3.63, 3.8) is 0 Å². The third kappa shape index (κ3) is 2.86. The van der Waals surface area contributed by atoms with Crippen LogP contribution in [0.1, 0.15) is 18.6 Å². The molecule has 1 aromatic rings. The highest BCUT2D eigenvalue weighted by molar-refractivity contribution is 9.09. The highest BCUT2D eigenvalue weighted by Gasteiger charge is 2.18. The average Bonchev–Trinajstić information content (AvgIpc) is 2.27. The lowest BCUT2D eigenvalue weighted by atomic mass is 10.1. The first-order valence-corrected chi connectivity index (χ1v) is 5.55.